The Bertz CT molecular complexity index is 862. The highest BCUT2D eigenvalue weighted by atomic mass is 16.6. The predicted molar refractivity (Wildman–Crippen MR) is 93.9 cm³/mol. The average molecular weight is 356 g/mol. The minimum Gasteiger partial charge on any atom is -0.497 e. The van der Waals surface area contributed by atoms with E-state index in [-0.39, 0.29) is 22.5 Å². The number of para-hydroxylation sites is 1. The van der Waals surface area contributed by atoms with Gasteiger partial charge in [-0.3, -0.25) is 25.1 Å². The van der Waals surface area contributed by atoms with Crippen LogP contribution in [0.4, 0.5) is 5.69 Å². The zero-order valence-corrected chi connectivity index (χ0v) is 13.8. The Kier molecular flexibility index (Phi) is 6.01. The van der Waals surface area contributed by atoms with Gasteiger partial charge in [-0.2, -0.15) is 0 Å². The molecule has 0 radical (unpaired) electrons. The SMILES string of the molecule is COc1ccc(C(=O)N/C(=C\c2ccccc2[N+](=O)[O-])C(=O)NN)cc1. The van der Waals surface area contributed by atoms with Crippen molar-refractivity contribution in [3.63, 3.8) is 0 Å². The van der Waals surface area contributed by atoms with E-state index in [1.54, 1.807) is 18.2 Å². The Morgan fingerprint density at radius 3 is 2.38 bits per heavy atom. The lowest BCUT2D eigenvalue weighted by Gasteiger charge is -2.09. The van der Waals surface area contributed by atoms with Gasteiger partial charge in [-0.05, 0) is 36.4 Å². The highest BCUT2D eigenvalue weighted by Crippen LogP contribution is 2.20. The van der Waals surface area contributed by atoms with Gasteiger partial charge in [0.05, 0.1) is 17.6 Å². The van der Waals surface area contributed by atoms with Gasteiger partial charge in [0, 0.05) is 11.6 Å². The maximum Gasteiger partial charge on any atom is 0.281 e. The summed E-state index contributed by atoms with van der Waals surface area (Å²) in [4.78, 5) is 34.8. The summed E-state index contributed by atoms with van der Waals surface area (Å²) in [6.45, 7) is 0. The molecule has 0 atom stereocenters. The quantitative estimate of drug-likeness (QED) is 0.235. The number of carbonyl (C=O) groups is 2. The van der Waals surface area contributed by atoms with Crippen molar-refractivity contribution in [1.82, 2.24) is 10.7 Å². The van der Waals surface area contributed by atoms with Crippen LogP contribution in [-0.4, -0.2) is 23.8 Å². The molecule has 2 aromatic carbocycles. The average Bonchev–Trinajstić information content (AvgIpc) is 2.67. The number of carbonyl (C=O) groups excluding carboxylic acids is 2. The van der Waals surface area contributed by atoms with Crippen LogP contribution in [0.15, 0.2) is 54.2 Å². The molecule has 26 heavy (non-hydrogen) atoms. The number of ether oxygens (including phenoxy) is 1. The molecule has 4 N–H and O–H groups in total. The largest absolute Gasteiger partial charge is 0.497 e. The summed E-state index contributed by atoms with van der Waals surface area (Å²) in [6.07, 6.45) is 1.18. The summed E-state index contributed by atoms with van der Waals surface area (Å²) >= 11 is 0. The molecule has 9 nitrogen and oxygen atoms in total. The molecule has 0 aromatic heterocycles. The maximum absolute atomic E-state index is 12.3. The first-order valence-corrected chi connectivity index (χ1v) is 7.37. The fraction of sp³-hybridized carbons (Fsp3) is 0.0588. The molecule has 0 saturated heterocycles. The molecule has 134 valence electrons. The first kappa shape index (κ1) is 18.6. The Labute approximate surface area is 148 Å². The number of benzene rings is 2. The van der Waals surface area contributed by atoms with Crippen LogP contribution in [0.3, 0.4) is 0 Å². The van der Waals surface area contributed by atoms with E-state index in [0.29, 0.717) is 5.75 Å². The van der Waals surface area contributed by atoms with Crippen LogP contribution in [0.2, 0.25) is 0 Å². The summed E-state index contributed by atoms with van der Waals surface area (Å²) in [5.74, 6) is 4.32. The van der Waals surface area contributed by atoms with E-state index >= 15 is 0 Å². The molecule has 0 unspecified atom stereocenters. The summed E-state index contributed by atoms with van der Waals surface area (Å²) in [7, 11) is 1.49. The molecule has 2 amide bonds. The highest BCUT2D eigenvalue weighted by molar-refractivity contribution is 6.05. The normalized spacial score (nSPS) is 10.8. The monoisotopic (exact) mass is 356 g/mol. The van der Waals surface area contributed by atoms with Crippen molar-refractivity contribution < 1.29 is 19.2 Å². The van der Waals surface area contributed by atoms with Gasteiger partial charge < -0.3 is 10.1 Å². The second-order valence-corrected chi connectivity index (χ2v) is 5.03. The number of nitrogens with two attached hydrogens (primary N) is 1. The molecule has 0 fully saturated rings. The number of nitro benzene ring substituents is 1. The number of methoxy groups -OCH3 is 1. The fourth-order valence-electron chi connectivity index (χ4n) is 2.10. The summed E-state index contributed by atoms with van der Waals surface area (Å²) in [5, 5.41) is 13.5. The lowest BCUT2D eigenvalue weighted by molar-refractivity contribution is -0.385. The Hall–Kier alpha value is -3.72. The van der Waals surface area contributed by atoms with Crippen molar-refractivity contribution in [1.29, 1.82) is 0 Å². The van der Waals surface area contributed by atoms with Crippen LogP contribution in [0, 0.1) is 10.1 Å². The van der Waals surface area contributed by atoms with E-state index < -0.39 is 16.7 Å². The lowest BCUT2D eigenvalue weighted by atomic mass is 10.1. The van der Waals surface area contributed by atoms with Crippen molar-refractivity contribution in [2.75, 3.05) is 7.11 Å². The first-order valence-electron chi connectivity index (χ1n) is 7.37. The molecule has 2 rings (SSSR count). The molecule has 2 aromatic rings. The van der Waals surface area contributed by atoms with E-state index in [1.807, 2.05) is 5.43 Å². The molecule has 0 saturated carbocycles. The number of hydrogen-bond donors (Lipinski definition) is 3. The van der Waals surface area contributed by atoms with E-state index in [1.165, 1.54) is 43.5 Å². The van der Waals surface area contributed by atoms with Crippen molar-refractivity contribution in [2.24, 2.45) is 5.84 Å². The van der Waals surface area contributed by atoms with Crippen molar-refractivity contribution in [3.8, 4) is 5.75 Å². The van der Waals surface area contributed by atoms with Crippen LogP contribution in [0.25, 0.3) is 6.08 Å². The van der Waals surface area contributed by atoms with Gasteiger partial charge in [-0.1, -0.05) is 12.1 Å². The lowest BCUT2D eigenvalue weighted by Crippen LogP contribution is -2.38. The third kappa shape index (κ3) is 4.42. The van der Waals surface area contributed by atoms with E-state index in [0.717, 1.165) is 0 Å². The van der Waals surface area contributed by atoms with Crippen LogP contribution in [0.1, 0.15) is 15.9 Å². The molecular weight excluding hydrogens is 340 g/mol. The van der Waals surface area contributed by atoms with Crippen LogP contribution >= 0.6 is 0 Å². The summed E-state index contributed by atoms with van der Waals surface area (Å²) in [6, 6.07) is 12.0. The molecule has 0 bridgehead atoms. The zero-order valence-electron chi connectivity index (χ0n) is 13.8. The standard InChI is InChI=1S/C17H16N4O5/c1-26-13-8-6-11(7-9-13)16(22)19-14(17(23)20-18)10-12-4-2-3-5-15(12)21(24)25/h2-10H,18H2,1H3,(H,19,22)(H,20,23)/b14-10-. The van der Waals surface area contributed by atoms with Crippen LogP contribution in [0.5, 0.6) is 5.75 Å². The van der Waals surface area contributed by atoms with Gasteiger partial charge in [0.15, 0.2) is 0 Å². The Morgan fingerprint density at radius 1 is 1.15 bits per heavy atom. The first-order chi connectivity index (χ1) is 12.5. The molecule has 0 aliphatic heterocycles. The number of rotatable bonds is 6. The smallest absolute Gasteiger partial charge is 0.281 e. The van der Waals surface area contributed by atoms with Gasteiger partial charge in [-0.25, -0.2) is 5.84 Å². The second-order valence-electron chi connectivity index (χ2n) is 5.03. The van der Waals surface area contributed by atoms with E-state index in [4.69, 9.17) is 10.6 Å². The molecular formula is C17H16N4O5. The van der Waals surface area contributed by atoms with Gasteiger partial charge >= 0.3 is 0 Å². The summed E-state index contributed by atoms with van der Waals surface area (Å²) < 4.78 is 5.01. The van der Waals surface area contributed by atoms with Gasteiger partial charge in [0.2, 0.25) is 0 Å². The Morgan fingerprint density at radius 2 is 1.81 bits per heavy atom. The van der Waals surface area contributed by atoms with Crippen molar-refractivity contribution in [2.45, 2.75) is 0 Å². The fourth-order valence-corrected chi connectivity index (χ4v) is 2.10. The molecule has 0 spiro atoms. The van der Waals surface area contributed by atoms with E-state index in [2.05, 4.69) is 5.32 Å². The topological polar surface area (TPSA) is 137 Å². The van der Waals surface area contributed by atoms with E-state index in [9.17, 15) is 19.7 Å². The van der Waals surface area contributed by atoms with Crippen molar-refractivity contribution >= 4 is 23.6 Å². The number of hydrazine groups is 1. The minimum absolute atomic E-state index is 0.145. The number of nitro groups is 1. The third-order valence-corrected chi connectivity index (χ3v) is 3.41. The number of amides is 2. The van der Waals surface area contributed by atoms with Gasteiger partial charge in [0.25, 0.3) is 17.5 Å². The zero-order chi connectivity index (χ0) is 19.1. The second kappa shape index (κ2) is 8.40. The van der Waals surface area contributed by atoms with Crippen LogP contribution < -0.4 is 21.3 Å². The number of nitrogens with one attached hydrogen (secondary N) is 2. The summed E-state index contributed by atoms with van der Waals surface area (Å²) in [5.41, 5.74) is 1.86. The molecule has 0 aliphatic rings. The molecule has 0 heterocycles. The van der Waals surface area contributed by atoms with Crippen molar-refractivity contribution in [3.05, 3.63) is 75.5 Å². The number of nitrogens with zero attached hydrogens (tertiary/aromatic N) is 1. The van der Waals surface area contributed by atoms with Crippen LogP contribution in [-0.2, 0) is 4.79 Å². The highest BCUT2D eigenvalue weighted by Gasteiger charge is 2.17. The van der Waals surface area contributed by atoms with Gasteiger partial charge in [0.1, 0.15) is 11.4 Å². The Balaban J connectivity index is 2.34. The molecule has 0 aliphatic carbocycles. The number of hydrogen-bond acceptors (Lipinski definition) is 6. The molecule has 9 heteroatoms. The minimum atomic E-state index is -0.801. The third-order valence-electron chi connectivity index (χ3n) is 3.41. The maximum atomic E-state index is 12.3. The predicted octanol–water partition coefficient (Wildman–Crippen LogP) is 1.36. The van der Waals surface area contributed by atoms with Gasteiger partial charge in [-0.15, -0.1) is 0 Å².